The first-order valence-corrected chi connectivity index (χ1v) is 6.11. The number of nitrogens with one attached hydrogen (secondary N) is 3. The van der Waals surface area contributed by atoms with Gasteiger partial charge in [0, 0.05) is 21.6 Å². The molecule has 0 aliphatic carbocycles. The van der Waals surface area contributed by atoms with Gasteiger partial charge in [0.25, 0.3) is 5.91 Å². The van der Waals surface area contributed by atoms with Crippen LogP contribution in [0.4, 0.5) is 5.69 Å². The van der Waals surface area contributed by atoms with Crippen molar-refractivity contribution < 1.29 is 4.79 Å². The highest BCUT2D eigenvalue weighted by molar-refractivity contribution is 9.10. The molecule has 0 saturated carbocycles. The summed E-state index contributed by atoms with van der Waals surface area (Å²) in [6.07, 6.45) is 3.17. The van der Waals surface area contributed by atoms with Crippen LogP contribution in [0.1, 0.15) is 10.5 Å². The third-order valence-corrected chi connectivity index (χ3v) is 3.30. The lowest BCUT2D eigenvalue weighted by Gasteiger charge is -1.98. The number of rotatable bonds is 2. The molecule has 0 bridgehead atoms. The molecule has 0 saturated heterocycles. The fraction of sp³-hybridized carbons (Fsp3) is 0. The van der Waals surface area contributed by atoms with Crippen LogP contribution in [-0.4, -0.2) is 21.1 Å². The van der Waals surface area contributed by atoms with E-state index in [9.17, 15) is 4.79 Å². The first kappa shape index (κ1) is 11.0. The maximum Gasteiger partial charge on any atom is 0.272 e. The van der Waals surface area contributed by atoms with Crippen molar-refractivity contribution in [3.8, 4) is 0 Å². The van der Waals surface area contributed by atoms with Crippen molar-refractivity contribution in [2.75, 3.05) is 5.32 Å². The maximum absolute atomic E-state index is 12.0. The highest BCUT2D eigenvalue weighted by Gasteiger charge is 2.11. The largest absolute Gasteiger partial charge is 0.350 e. The third kappa shape index (κ3) is 1.91. The summed E-state index contributed by atoms with van der Waals surface area (Å²) in [7, 11) is 0. The zero-order valence-electron chi connectivity index (χ0n) is 9.20. The van der Waals surface area contributed by atoms with Gasteiger partial charge in [-0.15, -0.1) is 0 Å². The van der Waals surface area contributed by atoms with Crippen molar-refractivity contribution in [2.45, 2.75) is 0 Å². The summed E-state index contributed by atoms with van der Waals surface area (Å²) in [5.74, 6) is -0.195. The lowest BCUT2D eigenvalue weighted by Crippen LogP contribution is -2.11. The lowest BCUT2D eigenvalue weighted by atomic mass is 10.2. The molecule has 0 spiro atoms. The van der Waals surface area contributed by atoms with Crippen molar-refractivity contribution in [2.24, 2.45) is 0 Å². The summed E-state index contributed by atoms with van der Waals surface area (Å²) in [5, 5.41) is 10.1. The number of hydrogen-bond acceptors (Lipinski definition) is 2. The van der Waals surface area contributed by atoms with Gasteiger partial charge >= 0.3 is 0 Å². The fourth-order valence-corrected chi connectivity index (χ4v) is 2.24. The van der Waals surface area contributed by atoms with E-state index in [0.717, 1.165) is 15.4 Å². The van der Waals surface area contributed by atoms with Gasteiger partial charge < -0.3 is 10.3 Å². The number of amides is 1. The summed E-state index contributed by atoms with van der Waals surface area (Å²) in [6.45, 7) is 0. The number of carbonyl (C=O) groups excluding carboxylic acids is 1. The molecular formula is C12H9BrN4O. The Morgan fingerprint density at radius 3 is 3.00 bits per heavy atom. The second kappa shape index (κ2) is 4.30. The molecule has 90 valence electrons. The molecule has 6 heteroatoms. The Balaban J connectivity index is 1.94. The summed E-state index contributed by atoms with van der Waals surface area (Å²) >= 11 is 3.45. The first-order chi connectivity index (χ1) is 8.74. The SMILES string of the molecule is O=C(Nc1cn[nH]c1)c1cc2c(Br)cccc2[nH]1. The van der Waals surface area contributed by atoms with E-state index in [4.69, 9.17) is 0 Å². The predicted octanol–water partition coefficient (Wildman–Crippen LogP) is 2.91. The number of carbonyl (C=O) groups is 1. The van der Waals surface area contributed by atoms with E-state index in [2.05, 4.69) is 36.4 Å². The Bertz CT molecular complexity index is 702. The van der Waals surface area contributed by atoms with Crippen molar-refractivity contribution >= 4 is 38.4 Å². The van der Waals surface area contributed by atoms with Gasteiger partial charge in [-0.2, -0.15) is 5.10 Å². The molecule has 3 aromatic rings. The second-order valence-electron chi connectivity index (χ2n) is 3.83. The topological polar surface area (TPSA) is 73.6 Å². The van der Waals surface area contributed by atoms with E-state index in [0.29, 0.717) is 11.4 Å². The molecule has 1 aromatic carbocycles. The average molecular weight is 305 g/mol. The van der Waals surface area contributed by atoms with Gasteiger partial charge in [0.15, 0.2) is 0 Å². The van der Waals surface area contributed by atoms with Crippen LogP contribution in [0, 0.1) is 0 Å². The zero-order valence-corrected chi connectivity index (χ0v) is 10.8. The highest BCUT2D eigenvalue weighted by atomic mass is 79.9. The monoisotopic (exact) mass is 304 g/mol. The van der Waals surface area contributed by atoms with Gasteiger partial charge in [-0.25, -0.2) is 0 Å². The van der Waals surface area contributed by atoms with E-state index in [-0.39, 0.29) is 5.91 Å². The number of anilines is 1. The molecule has 0 aliphatic rings. The Labute approximate surface area is 111 Å². The minimum absolute atomic E-state index is 0.195. The van der Waals surface area contributed by atoms with Gasteiger partial charge in [0.2, 0.25) is 0 Å². The zero-order chi connectivity index (χ0) is 12.5. The van der Waals surface area contributed by atoms with Gasteiger partial charge in [0.05, 0.1) is 11.9 Å². The van der Waals surface area contributed by atoms with Crippen LogP contribution < -0.4 is 5.32 Å². The minimum Gasteiger partial charge on any atom is -0.350 e. The summed E-state index contributed by atoms with van der Waals surface area (Å²) in [6, 6.07) is 7.60. The van der Waals surface area contributed by atoms with Crippen LogP contribution >= 0.6 is 15.9 Å². The Morgan fingerprint density at radius 1 is 1.39 bits per heavy atom. The van der Waals surface area contributed by atoms with Gasteiger partial charge in [-0.1, -0.05) is 22.0 Å². The number of H-pyrrole nitrogens is 2. The normalized spacial score (nSPS) is 10.7. The van der Waals surface area contributed by atoms with E-state index in [1.165, 1.54) is 0 Å². The molecule has 2 aromatic heterocycles. The molecule has 0 atom stereocenters. The van der Waals surface area contributed by atoms with Gasteiger partial charge in [-0.05, 0) is 18.2 Å². The molecule has 0 radical (unpaired) electrons. The second-order valence-corrected chi connectivity index (χ2v) is 4.68. The average Bonchev–Trinajstić information content (AvgIpc) is 2.97. The molecular weight excluding hydrogens is 296 g/mol. The molecule has 5 nitrogen and oxygen atoms in total. The van der Waals surface area contributed by atoms with Crippen molar-refractivity contribution in [1.29, 1.82) is 0 Å². The molecule has 3 rings (SSSR count). The van der Waals surface area contributed by atoms with E-state index in [1.807, 2.05) is 24.3 Å². The highest BCUT2D eigenvalue weighted by Crippen LogP contribution is 2.24. The summed E-state index contributed by atoms with van der Waals surface area (Å²) in [4.78, 5) is 15.1. The third-order valence-electron chi connectivity index (χ3n) is 2.61. The van der Waals surface area contributed by atoms with Crippen molar-refractivity contribution in [3.63, 3.8) is 0 Å². The van der Waals surface area contributed by atoms with Crippen LogP contribution in [0.25, 0.3) is 10.9 Å². The van der Waals surface area contributed by atoms with Gasteiger partial charge in [-0.3, -0.25) is 9.89 Å². The first-order valence-electron chi connectivity index (χ1n) is 5.31. The van der Waals surface area contributed by atoms with Crippen molar-refractivity contribution in [3.05, 3.63) is 46.8 Å². The molecule has 1 amide bonds. The number of hydrogen-bond donors (Lipinski definition) is 3. The van der Waals surface area contributed by atoms with Crippen LogP contribution in [0.15, 0.2) is 41.1 Å². The van der Waals surface area contributed by atoms with Crippen molar-refractivity contribution in [1.82, 2.24) is 15.2 Å². The molecule has 2 heterocycles. The smallest absolute Gasteiger partial charge is 0.272 e. The predicted molar refractivity (Wildman–Crippen MR) is 72.5 cm³/mol. The number of aromatic nitrogens is 3. The molecule has 0 aliphatic heterocycles. The minimum atomic E-state index is -0.195. The maximum atomic E-state index is 12.0. The summed E-state index contributed by atoms with van der Waals surface area (Å²) < 4.78 is 0.957. The van der Waals surface area contributed by atoms with Crippen LogP contribution in [0.5, 0.6) is 0 Å². The molecule has 0 unspecified atom stereocenters. The molecule has 3 N–H and O–H groups in total. The number of nitrogens with zero attached hydrogens (tertiary/aromatic N) is 1. The number of aromatic amines is 2. The van der Waals surface area contributed by atoms with Crippen LogP contribution in [0.3, 0.4) is 0 Å². The number of halogens is 1. The molecule has 18 heavy (non-hydrogen) atoms. The summed E-state index contributed by atoms with van der Waals surface area (Å²) in [5.41, 5.74) is 2.07. The quantitative estimate of drug-likeness (QED) is 0.681. The lowest BCUT2D eigenvalue weighted by molar-refractivity contribution is 0.102. The fourth-order valence-electron chi connectivity index (χ4n) is 1.76. The Kier molecular flexibility index (Phi) is 2.64. The molecule has 0 fully saturated rings. The van der Waals surface area contributed by atoms with E-state index in [1.54, 1.807) is 12.4 Å². The van der Waals surface area contributed by atoms with Crippen LogP contribution in [0.2, 0.25) is 0 Å². The van der Waals surface area contributed by atoms with E-state index >= 15 is 0 Å². The number of fused-ring (bicyclic) bond motifs is 1. The Hall–Kier alpha value is -2.08. The van der Waals surface area contributed by atoms with Crippen LogP contribution in [-0.2, 0) is 0 Å². The standard InChI is InChI=1S/C12H9BrN4O/c13-9-2-1-3-10-8(9)4-11(17-10)12(18)16-7-5-14-15-6-7/h1-6,17H,(H,14,15)(H,16,18). The Morgan fingerprint density at radius 2 is 2.28 bits per heavy atom. The number of benzene rings is 1. The van der Waals surface area contributed by atoms with E-state index < -0.39 is 0 Å². The van der Waals surface area contributed by atoms with Gasteiger partial charge in [0.1, 0.15) is 5.69 Å².